The molecule has 0 aliphatic rings. The van der Waals surface area contributed by atoms with Gasteiger partial charge in [-0.05, 0) is 18.5 Å². The van der Waals surface area contributed by atoms with E-state index in [2.05, 4.69) is 19.8 Å². The first-order valence-electron chi connectivity index (χ1n) is 4.41. The van der Waals surface area contributed by atoms with E-state index in [1.807, 2.05) is 6.92 Å². The van der Waals surface area contributed by atoms with Gasteiger partial charge in [-0.2, -0.15) is 9.36 Å². The lowest BCUT2D eigenvalue weighted by atomic mass is 10.2. The van der Waals surface area contributed by atoms with Gasteiger partial charge >= 0.3 is 0 Å². The van der Waals surface area contributed by atoms with Crippen LogP contribution in [0.2, 0.25) is 0 Å². The van der Waals surface area contributed by atoms with Gasteiger partial charge in [-0.1, -0.05) is 5.16 Å². The van der Waals surface area contributed by atoms with Crippen LogP contribution in [0.25, 0.3) is 11.5 Å². The van der Waals surface area contributed by atoms with Crippen LogP contribution >= 0.6 is 11.5 Å². The minimum atomic E-state index is -0.721. The van der Waals surface area contributed by atoms with E-state index in [1.54, 1.807) is 7.05 Å². The lowest BCUT2D eigenvalue weighted by Crippen LogP contribution is -2.12. The van der Waals surface area contributed by atoms with Crippen LogP contribution in [0.4, 0.5) is 5.00 Å². The molecule has 2 aromatic rings. The van der Waals surface area contributed by atoms with Crippen molar-refractivity contribution >= 4 is 22.4 Å². The number of nitrogens with two attached hydrogens (primary N) is 1. The number of hydrogen-bond donors (Lipinski definition) is 2. The highest BCUT2D eigenvalue weighted by Crippen LogP contribution is 2.32. The predicted molar refractivity (Wildman–Crippen MR) is 58.2 cm³/mol. The smallest absolute Gasteiger partial charge is 0.290 e. The van der Waals surface area contributed by atoms with Gasteiger partial charge in [0.15, 0.2) is 0 Å². The number of carbonyl (C=O) groups is 1. The zero-order valence-corrected chi connectivity index (χ0v) is 9.46. The van der Waals surface area contributed by atoms with Crippen molar-refractivity contribution in [3.63, 3.8) is 0 Å². The summed E-state index contributed by atoms with van der Waals surface area (Å²) in [5.74, 6) is -0.617. The Bertz CT molecular complexity index is 532. The fourth-order valence-electron chi connectivity index (χ4n) is 1.22. The average Bonchev–Trinajstić information content (AvgIpc) is 2.83. The van der Waals surface area contributed by atoms with E-state index in [4.69, 9.17) is 10.3 Å². The standard InChI is InChI=1S/C8H9N5O2S/c1-3-4(8(10-2)16-13-3)7-11-6(5(9)14)12-15-7/h10H,1-2H3,(H2,9,14). The molecule has 0 saturated heterocycles. The van der Waals surface area contributed by atoms with Crippen molar-refractivity contribution in [3.8, 4) is 11.5 Å². The summed E-state index contributed by atoms with van der Waals surface area (Å²) in [7, 11) is 1.77. The van der Waals surface area contributed by atoms with Crippen LogP contribution in [-0.2, 0) is 0 Å². The Morgan fingerprint density at radius 3 is 2.88 bits per heavy atom. The maximum absolute atomic E-state index is 10.8. The maximum Gasteiger partial charge on any atom is 0.290 e. The monoisotopic (exact) mass is 239 g/mol. The van der Waals surface area contributed by atoms with Gasteiger partial charge in [0.25, 0.3) is 17.6 Å². The number of rotatable bonds is 3. The zero-order valence-electron chi connectivity index (χ0n) is 8.64. The molecule has 2 heterocycles. The molecule has 0 unspecified atom stereocenters. The SMILES string of the molecule is CNc1snc(C)c1-c1nc(C(N)=O)no1. The zero-order chi connectivity index (χ0) is 11.7. The Morgan fingerprint density at radius 2 is 2.31 bits per heavy atom. The minimum Gasteiger partial charge on any atom is -0.378 e. The second kappa shape index (κ2) is 3.89. The van der Waals surface area contributed by atoms with Gasteiger partial charge in [-0.15, -0.1) is 0 Å². The number of anilines is 1. The van der Waals surface area contributed by atoms with Gasteiger partial charge < -0.3 is 15.6 Å². The third kappa shape index (κ3) is 1.63. The minimum absolute atomic E-state index is 0.136. The van der Waals surface area contributed by atoms with Gasteiger partial charge in [0, 0.05) is 7.05 Å². The quantitative estimate of drug-likeness (QED) is 0.814. The lowest BCUT2D eigenvalue weighted by molar-refractivity contribution is 0.0987. The van der Waals surface area contributed by atoms with E-state index >= 15 is 0 Å². The Balaban J connectivity index is 2.49. The third-order valence-corrected chi connectivity index (χ3v) is 2.91. The summed E-state index contributed by atoms with van der Waals surface area (Å²) in [6.45, 7) is 1.82. The summed E-state index contributed by atoms with van der Waals surface area (Å²) >= 11 is 1.28. The van der Waals surface area contributed by atoms with Crippen molar-refractivity contribution in [2.45, 2.75) is 6.92 Å². The normalized spacial score (nSPS) is 10.4. The van der Waals surface area contributed by atoms with Crippen LogP contribution in [0.3, 0.4) is 0 Å². The Labute approximate surface area is 94.8 Å². The van der Waals surface area contributed by atoms with Crippen LogP contribution in [0.15, 0.2) is 4.52 Å². The van der Waals surface area contributed by atoms with Crippen molar-refractivity contribution in [3.05, 3.63) is 11.5 Å². The van der Waals surface area contributed by atoms with Gasteiger partial charge in [-0.25, -0.2) is 0 Å². The topological polar surface area (TPSA) is 107 Å². The fourth-order valence-corrected chi connectivity index (χ4v) is 1.95. The first-order chi connectivity index (χ1) is 7.63. The van der Waals surface area contributed by atoms with Crippen LogP contribution in [-0.4, -0.2) is 27.5 Å². The molecular formula is C8H9N5O2S. The highest BCUT2D eigenvalue weighted by atomic mass is 32.1. The van der Waals surface area contributed by atoms with Crippen molar-refractivity contribution in [2.75, 3.05) is 12.4 Å². The maximum atomic E-state index is 10.8. The molecule has 8 heteroatoms. The molecule has 84 valence electrons. The molecule has 2 aromatic heterocycles. The van der Waals surface area contributed by atoms with Crippen molar-refractivity contribution in [1.29, 1.82) is 0 Å². The van der Waals surface area contributed by atoms with Crippen molar-refractivity contribution < 1.29 is 9.32 Å². The highest BCUT2D eigenvalue weighted by molar-refractivity contribution is 7.10. The summed E-state index contributed by atoms with van der Waals surface area (Å²) in [4.78, 5) is 14.7. The number of carbonyl (C=O) groups excluding carboxylic acids is 1. The molecule has 0 aromatic carbocycles. The summed E-state index contributed by atoms with van der Waals surface area (Å²) in [6.07, 6.45) is 0. The summed E-state index contributed by atoms with van der Waals surface area (Å²) in [6, 6.07) is 0. The van der Waals surface area contributed by atoms with Crippen LogP contribution in [0, 0.1) is 6.92 Å². The Hall–Kier alpha value is -1.96. The Kier molecular flexibility index (Phi) is 2.57. The molecule has 7 nitrogen and oxygen atoms in total. The van der Waals surface area contributed by atoms with E-state index in [-0.39, 0.29) is 11.7 Å². The largest absolute Gasteiger partial charge is 0.378 e. The lowest BCUT2D eigenvalue weighted by Gasteiger charge is -1.96. The highest BCUT2D eigenvalue weighted by Gasteiger charge is 2.19. The van der Waals surface area contributed by atoms with Gasteiger partial charge in [0.2, 0.25) is 0 Å². The number of nitrogens with zero attached hydrogens (tertiary/aromatic N) is 3. The number of primary amides is 1. The second-order valence-electron chi connectivity index (χ2n) is 3.01. The summed E-state index contributed by atoms with van der Waals surface area (Å²) in [5, 5.41) is 7.24. The number of aromatic nitrogens is 3. The average molecular weight is 239 g/mol. The van der Waals surface area contributed by atoms with Crippen LogP contribution in [0.5, 0.6) is 0 Å². The molecule has 0 atom stereocenters. The third-order valence-electron chi connectivity index (χ3n) is 1.95. The van der Waals surface area contributed by atoms with E-state index in [0.717, 1.165) is 10.7 Å². The molecule has 16 heavy (non-hydrogen) atoms. The molecule has 3 N–H and O–H groups in total. The van der Waals surface area contributed by atoms with Crippen LogP contribution in [0.1, 0.15) is 16.3 Å². The number of aryl methyl sites for hydroxylation is 1. The van der Waals surface area contributed by atoms with E-state index in [0.29, 0.717) is 5.56 Å². The Morgan fingerprint density at radius 1 is 1.56 bits per heavy atom. The molecular weight excluding hydrogens is 230 g/mol. The number of nitrogens with one attached hydrogen (secondary N) is 1. The molecule has 2 rings (SSSR count). The van der Waals surface area contributed by atoms with E-state index in [1.165, 1.54) is 11.5 Å². The summed E-state index contributed by atoms with van der Waals surface area (Å²) in [5.41, 5.74) is 6.50. The van der Waals surface area contributed by atoms with E-state index < -0.39 is 5.91 Å². The van der Waals surface area contributed by atoms with E-state index in [9.17, 15) is 4.79 Å². The molecule has 0 saturated carbocycles. The van der Waals surface area contributed by atoms with Gasteiger partial charge in [-0.3, -0.25) is 4.79 Å². The molecule has 1 amide bonds. The first kappa shape index (κ1) is 10.6. The molecule has 0 bridgehead atoms. The first-order valence-corrected chi connectivity index (χ1v) is 5.18. The van der Waals surface area contributed by atoms with Crippen LogP contribution < -0.4 is 11.1 Å². The predicted octanol–water partition coefficient (Wildman–Crippen LogP) is 0.642. The molecule has 0 aliphatic carbocycles. The second-order valence-corrected chi connectivity index (χ2v) is 3.78. The fraction of sp³-hybridized carbons (Fsp3) is 0.250. The number of amides is 1. The summed E-state index contributed by atoms with van der Waals surface area (Å²) < 4.78 is 9.11. The van der Waals surface area contributed by atoms with Crippen molar-refractivity contribution in [1.82, 2.24) is 14.5 Å². The van der Waals surface area contributed by atoms with Crippen molar-refractivity contribution in [2.24, 2.45) is 5.73 Å². The molecule has 0 fully saturated rings. The number of hydrogen-bond acceptors (Lipinski definition) is 7. The van der Waals surface area contributed by atoms with Gasteiger partial charge in [0.1, 0.15) is 5.00 Å². The molecule has 0 aliphatic heterocycles. The van der Waals surface area contributed by atoms with Gasteiger partial charge in [0.05, 0.1) is 11.3 Å². The molecule has 0 radical (unpaired) electrons. The molecule has 0 spiro atoms.